The van der Waals surface area contributed by atoms with Gasteiger partial charge in [-0.1, -0.05) is 19.1 Å². The molecule has 0 spiro atoms. The number of ether oxygens (including phenoxy) is 2. The van der Waals surface area contributed by atoms with Crippen LogP contribution in [0.25, 0.3) is 10.8 Å². The Hall–Kier alpha value is -3.16. The molecule has 2 aromatic carbocycles. The molecule has 7 nitrogen and oxygen atoms in total. The summed E-state index contributed by atoms with van der Waals surface area (Å²) < 4.78 is 24.4. The molecule has 1 N–H and O–H groups in total. The maximum Gasteiger partial charge on any atom is 0.437 e. The molecule has 8 heteroatoms. The van der Waals surface area contributed by atoms with Crippen LogP contribution in [0.1, 0.15) is 59.9 Å². The van der Waals surface area contributed by atoms with Crippen LogP contribution >= 0.6 is 0 Å². The molecule has 0 saturated heterocycles. The van der Waals surface area contributed by atoms with E-state index in [9.17, 15) is 14.0 Å². The van der Waals surface area contributed by atoms with Crippen molar-refractivity contribution in [1.29, 1.82) is 0 Å². The lowest BCUT2D eigenvalue weighted by Gasteiger charge is -2.25. The molecule has 1 unspecified atom stereocenters. The Balaban J connectivity index is 2.03. The van der Waals surface area contributed by atoms with Gasteiger partial charge >= 0.3 is 12.2 Å². The average Bonchev–Trinajstić information content (AvgIpc) is 2.94. The van der Waals surface area contributed by atoms with Crippen molar-refractivity contribution in [2.75, 3.05) is 11.4 Å². The number of anilines is 1. The summed E-state index contributed by atoms with van der Waals surface area (Å²) in [7, 11) is 0. The molecule has 32 heavy (non-hydrogen) atoms. The molecule has 0 saturated carbocycles. The molecular formula is C24H30FN3O4. The lowest BCUT2D eigenvalue weighted by Crippen LogP contribution is -2.46. The zero-order valence-corrected chi connectivity index (χ0v) is 19.6. The molecule has 3 rings (SSSR count). The van der Waals surface area contributed by atoms with Crippen molar-refractivity contribution in [2.24, 2.45) is 4.99 Å². The largest absolute Gasteiger partial charge is 0.444 e. The van der Waals surface area contributed by atoms with Crippen LogP contribution in [0, 0.1) is 5.82 Å². The molecule has 1 heterocycles. The number of amides is 2. The van der Waals surface area contributed by atoms with Gasteiger partial charge in [0.05, 0.1) is 0 Å². The number of aliphatic imine (C=N–C) groups is 1. The van der Waals surface area contributed by atoms with Crippen LogP contribution in [-0.4, -0.2) is 35.9 Å². The third-order valence-electron chi connectivity index (χ3n) is 4.70. The number of benzene rings is 2. The lowest BCUT2D eigenvalue weighted by molar-refractivity contribution is 0.0561. The molecule has 172 valence electrons. The molecule has 0 aliphatic carbocycles. The molecule has 2 amide bonds. The Morgan fingerprint density at radius 1 is 1.06 bits per heavy atom. The van der Waals surface area contributed by atoms with Crippen LogP contribution in [0.4, 0.5) is 19.7 Å². The summed E-state index contributed by atoms with van der Waals surface area (Å²) in [4.78, 5) is 30.8. The first kappa shape index (κ1) is 23.5. The van der Waals surface area contributed by atoms with Gasteiger partial charge < -0.3 is 14.4 Å². The van der Waals surface area contributed by atoms with E-state index in [1.807, 2.05) is 13.0 Å². The van der Waals surface area contributed by atoms with E-state index < -0.39 is 23.4 Å². The van der Waals surface area contributed by atoms with E-state index in [4.69, 9.17) is 9.47 Å². The normalized spacial score (nSPS) is 16.7. The summed E-state index contributed by atoms with van der Waals surface area (Å²) >= 11 is 0. The monoisotopic (exact) mass is 443 g/mol. The fourth-order valence-electron chi connectivity index (χ4n) is 3.65. The summed E-state index contributed by atoms with van der Waals surface area (Å²) in [6.07, 6.45) is -1.56. The minimum absolute atomic E-state index is 0.0144. The van der Waals surface area contributed by atoms with E-state index in [0.29, 0.717) is 6.54 Å². The highest BCUT2D eigenvalue weighted by Gasteiger charge is 2.33. The summed E-state index contributed by atoms with van der Waals surface area (Å²) in [5, 5.41) is 4.30. The molecule has 1 aliphatic rings. The number of nitrogens with one attached hydrogen (secondary N) is 1. The van der Waals surface area contributed by atoms with Crippen molar-refractivity contribution < 1.29 is 23.5 Å². The number of carbonyl (C=O) groups excluding carboxylic acids is 2. The predicted octanol–water partition coefficient (Wildman–Crippen LogP) is 5.72. The average molecular weight is 444 g/mol. The van der Waals surface area contributed by atoms with E-state index in [1.165, 1.54) is 12.1 Å². The third-order valence-corrected chi connectivity index (χ3v) is 4.70. The first-order valence-corrected chi connectivity index (χ1v) is 10.5. The number of hydrogen-bond acceptors (Lipinski definition) is 4. The number of rotatable bonds is 0. The van der Waals surface area contributed by atoms with Gasteiger partial charge in [-0.2, -0.15) is 0 Å². The second kappa shape index (κ2) is 8.41. The van der Waals surface area contributed by atoms with E-state index in [-0.39, 0.29) is 17.7 Å². The fourth-order valence-corrected chi connectivity index (χ4v) is 3.65. The van der Waals surface area contributed by atoms with Crippen LogP contribution in [0.3, 0.4) is 0 Å². The second-order valence-electron chi connectivity index (χ2n) is 9.92. The van der Waals surface area contributed by atoms with Gasteiger partial charge in [-0.3, -0.25) is 5.32 Å². The van der Waals surface area contributed by atoms with Crippen molar-refractivity contribution in [3.8, 4) is 0 Å². The Morgan fingerprint density at radius 3 is 2.34 bits per heavy atom. The predicted molar refractivity (Wildman–Crippen MR) is 123 cm³/mol. The maximum absolute atomic E-state index is 13.7. The minimum Gasteiger partial charge on any atom is -0.444 e. The molecule has 1 atom stereocenters. The summed E-state index contributed by atoms with van der Waals surface area (Å²) in [5.74, 6) is -0.247. The molecule has 0 radical (unpaired) electrons. The summed E-state index contributed by atoms with van der Waals surface area (Å²) in [5.41, 5.74) is 0.298. The molecule has 2 aromatic rings. The number of guanidine groups is 1. The van der Waals surface area contributed by atoms with E-state index >= 15 is 0 Å². The molecular weight excluding hydrogens is 413 g/mol. The van der Waals surface area contributed by atoms with Gasteiger partial charge in [0.25, 0.3) is 0 Å². The highest BCUT2D eigenvalue weighted by Crippen LogP contribution is 2.41. The van der Waals surface area contributed by atoms with Crippen LogP contribution in [0.5, 0.6) is 0 Å². The van der Waals surface area contributed by atoms with Crippen molar-refractivity contribution in [1.82, 2.24) is 5.32 Å². The van der Waals surface area contributed by atoms with Gasteiger partial charge in [-0.15, -0.1) is 4.99 Å². The van der Waals surface area contributed by atoms with Crippen LogP contribution in [0.15, 0.2) is 35.3 Å². The first-order chi connectivity index (χ1) is 14.7. The van der Waals surface area contributed by atoms with Crippen molar-refractivity contribution in [2.45, 2.75) is 65.6 Å². The van der Waals surface area contributed by atoms with Gasteiger partial charge in [-0.05, 0) is 76.1 Å². The number of carbonyl (C=O) groups is 2. The van der Waals surface area contributed by atoms with E-state index in [2.05, 4.69) is 10.3 Å². The van der Waals surface area contributed by atoms with Gasteiger partial charge in [0, 0.05) is 18.2 Å². The third kappa shape index (κ3) is 5.55. The van der Waals surface area contributed by atoms with E-state index in [0.717, 1.165) is 22.0 Å². The number of hydrogen-bond donors (Lipinski definition) is 1. The molecule has 0 bridgehead atoms. The van der Waals surface area contributed by atoms with Gasteiger partial charge in [0.2, 0.25) is 5.96 Å². The van der Waals surface area contributed by atoms with E-state index in [1.54, 1.807) is 58.6 Å². The summed E-state index contributed by atoms with van der Waals surface area (Å²) in [6, 6.07) is 8.30. The molecule has 0 aromatic heterocycles. The Bertz CT molecular complexity index is 1080. The van der Waals surface area contributed by atoms with Gasteiger partial charge in [0.15, 0.2) is 0 Å². The first-order valence-electron chi connectivity index (χ1n) is 10.5. The Labute approximate surface area is 187 Å². The fraction of sp³-hybridized carbons (Fsp3) is 0.458. The minimum atomic E-state index is -0.826. The standard InChI is InChI=1S/C24H30FN3O4/c1-14-13-28(18-11-8-15-12-16(25)9-10-17(15)19(14)18)20(26-21(29)31-23(2,3)4)27-22(30)32-24(5,6)7/h8-12,14H,13H2,1-7H3,(H,26,27,29,30). The highest BCUT2D eigenvalue weighted by atomic mass is 19.1. The van der Waals surface area contributed by atoms with Crippen LogP contribution in [-0.2, 0) is 9.47 Å². The number of alkyl carbamates (subject to hydrolysis) is 1. The molecule has 1 aliphatic heterocycles. The van der Waals surface area contributed by atoms with Crippen molar-refractivity contribution >= 4 is 34.6 Å². The maximum atomic E-state index is 13.7. The zero-order valence-electron chi connectivity index (χ0n) is 19.6. The number of nitrogens with zero attached hydrogens (tertiary/aromatic N) is 2. The highest BCUT2D eigenvalue weighted by molar-refractivity contribution is 6.10. The molecule has 0 fully saturated rings. The summed E-state index contributed by atoms with van der Waals surface area (Å²) in [6.45, 7) is 12.9. The zero-order chi connectivity index (χ0) is 23.8. The quantitative estimate of drug-likeness (QED) is 0.416. The number of halogens is 1. The Morgan fingerprint density at radius 2 is 1.72 bits per heavy atom. The number of fused-ring (bicyclic) bond motifs is 3. The lowest BCUT2D eigenvalue weighted by atomic mass is 9.96. The second-order valence-corrected chi connectivity index (χ2v) is 9.92. The van der Waals surface area contributed by atoms with Crippen molar-refractivity contribution in [3.05, 3.63) is 41.7 Å². The van der Waals surface area contributed by atoms with Gasteiger partial charge in [-0.25, -0.2) is 14.0 Å². The smallest absolute Gasteiger partial charge is 0.437 e. The van der Waals surface area contributed by atoms with Crippen molar-refractivity contribution in [3.63, 3.8) is 0 Å². The SMILES string of the molecule is CC1CN(C(=NC(=O)OC(C)(C)C)NC(=O)OC(C)(C)C)c2ccc3cc(F)ccc3c21. The Kier molecular flexibility index (Phi) is 6.18. The van der Waals surface area contributed by atoms with Crippen LogP contribution in [0.2, 0.25) is 0 Å². The topological polar surface area (TPSA) is 80.2 Å². The van der Waals surface area contributed by atoms with Gasteiger partial charge in [0.1, 0.15) is 17.0 Å². The van der Waals surface area contributed by atoms with Crippen LogP contribution < -0.4 is 10.2 Å².